The third-order valence-electron chi connectivity index (χ3n) is 3.88. The van der Waals surface area contributed by atoms with Crippen LogP contribution < -0.4 is 5.32 Å². The topological polar surface area (TPSA) is 49.4 Å². The molecule has 0 aromatic rings. The normalized spacial score (nSPS) is 31.2. The molecule has 2 fully saturated rings. The number of rotatable bonds is 4. The molecule has 0 amide bonds. The number of nitrogens with zero attached hydrogens (tertiary/aromatic N) is 1. The third kappa shape index (κ3) is 2.57. The van der Waals surface area contributed by atoms with Gasteiger partial charge < -0.3 is 10.2 Å². The highest BCUT2D eigenvalue weighted by molar-refractivity contribution is 7.92. The first-order valence-electron chi connectivity index (χ1n) is 6.13. The van der Waals surface area contributed by atoms with Gasteiger partial charge in [0.05, 0.1) is 11.0 Å². The van der Waals surface area contributed by atoms with Gasteiger partial charge in [-0.05, 0) is 38.8 Å². The highest BCUT2D eigenvalue weighted by atomic mass is 32.2. The van der Waals surface area contributed by atoms with Gasteiger partial charge in [0.15, 0.2) is 9.84 Å². The van der Waals surface area contributed by atoms with Crippen molar-refractivity contribution in [2.45, 2.75) is 19.1 Å². The Balaban J connectivity index is 1.80. The van der Waals surface area contributed by atoms with E-state index in [0.29, 0.717) is 12.3 Å². The molecular formula is C11H22N2O2S. The monoisotopic (exact) mass is 246 g/mol. The van der Waals surface area contributed by atoms with E-state index in [-0.39, 0.29) is 5.25 Å². The molecule has 2 rings (SSSR count). The van der Waals surface area contributed by atoms with Gasteiger partial charge >= 0.3 is 0 Å². The van der Waals surface area contributed by atoms with Gasteiger partial charge in [-0.15, -0.1) is 0 Å². The first kappa shape index (κ1) is 12.3. The van der Waals surface area contributed by atoms with E-state index in [4.69, 9.17) is 0 Å². The van der Waals surface area contributed by atoms with Crippen molar-refractivity contribution < 1.29 is 8.42 Å². The Morgan fingerprint density at radius 3 is 2.31 bits per heavy atom. The Bertz CT molecular complexity index is 328. The second kappa shape index (κ2) is 4.63. The summed E-state index contributed by atoms with van der Waals surface area (Å²) in [5.74, 6) is 1.82. The molecule has 2 atom stereocenters. The van der Waals surface area contributed by atoms with Crippen molar-refractivity contribution in [3.05, 3.63) is 0 Å². The van der Waals surface area contributed by atoms with Crippen molar-refractivity contribution in [2.24, 2.45) is 11.8 Å². The molecule has 2 unspecified atom stereocenters. The molecular weight excluding hydrogens is 224 g/mol. The van der Waals surface area contributed by atoms with Crippen LogP contribution in [0.2, 0.25) is 0 Å². The fraction of sp³-hybridized carbons (Fsp3) is 1.00. The smallest absolute Gasteiger partial charge is 0.153 e. The van der Waals surface area contributed by atoms with Crippen molar-refractivity contribution >= 4 is 9.84 Å². The van der Waals surface area contributed by atoms with Gasteiger partial charge in [-0.1, -0.05) is 0 Å². The fourth-order valence-corrected chi connectivity index (χ4v) is 3.61. The summed E-state index contributed by atoms with van der Waals surface area (Å²) in [6.45, 7) is 8.61. The zero-order chi connectivity index (χ0) is 11.8. The van der Waals surface area contributed by atoms with E-state index in [1.165, 1.54) is 0 Å². The average Bonchev–Trinajstić information content (AvgIpc) is 2.73. The van der Waals surface area contributed by atoms with Gasteiger partial charge in [0.1, 0.15) is 0 Å². The van der Waals surface area contributed by atoms with Gasteiger partial charge in [0, 0.05) is 19.6 Å². The van der Waals surface area contributed by atoms with Gasteiger partial charge in [-0.3, -0.25) is 0 Å². The van der Waals surface area contributed by atoms with Gasteiger partial charge in [0.25, 0.3) is 0 Å². The SMILES string of the molecule is CC(C)S(=O)(=O)CCN1CC2CNCC2C1. The van der Waals surface area contributed by atoms with Crippen LogP contribution in [0.25, 0.3) is 0 Å². The molecule has 0 radical (unpaired) electrons. The lowest BCUT2D eigenvalue weighted by Gasteiger charge is -2.17. The first-order valence-corrected chi connectivity index (χ1v) is 7.85. The van der Waals surface area contributed by atoms with Crippen LogP contribution in [-0.4, -0.2) is 57.0 Å². The predicted molar refractivity (Wildman–Crippen MR) is 65.2 cm³/mol. The molecule has 1 N–H and O–H groups in total. The molecule has 4 nitrogen and oxygen atoms in total. The Morgan fingerprint density at radius 2 is 1.81 bits per heavy atom. The summed E-state index contributed by atoms with van der Waals surface area (Å²) in [4.78, 5) is 2.32. The average molecular weight is 246 g/mol. The minimum Gasteiger partial charge on any atom is -0.316 e. The van der Waals surface area contributed by atoms with E-state index < -0.39 is 9.84 Å². The summed E-state index contributed by atoms with van der Waals surface area (Å²) in [6, 6.07) is 0. The first-order chi connectivity index (χ1) is 7.49. The Labute approximate surface area is 98.3 Å². The summed E-state index contributed by atoms with van der Waals surface area (Å²) in [5, 5.41) is 3.15. The zero-order valence-corrected chi connectivity index (χ0v) is 11.0. The molecule has 0 aliphatic carbocycles. The lowest BCUT2D eigenvalue weighted by atomic mass is 10.0. The number of fused-ring (bicyclic) bond motifs is 1. The number of sulfone groups is 1. The number of hydrogen-bond donors (Lipinski definition) is 1. The van der Waals surface area contributed by atoms with Crippen LogP contribution in [-0.2, 0) is 9.84 Å². The predicted octanol–water partition coefficient (Wildman–Crippen LogP) is -0.0392. The minimum atomic E-state index is -2.87. The summed E-state index contributed by atoms with van der Waals surface area (Å²) in [7, 11) is -2.87. The highest BCUT2D eigenvalue weighted by Gasteiger charge is 2.36. The zero-order valence-electron chi connectivity index (χ0n) is 10.1. The molecule has 2 aliphatic heterocycles. The quantitative estimate of drug-likeness (QED) is 0.756. The summed E-state index contributed by atoms with van der Waals surface area (Å²) < 4.78 is 23.4. The summed E-state index contributed by atoms with van der Waals surface area (Å²) in [5.41, 5.74) is 0. The molecule has 0 aromatic heterocycles. The maximum atomic E-state index is 11.7. The van der Waals surface area contributed by atoms with Crippen molar-refractivity contribution in [1.29, 1.82) is 0 Å². The van der Waals surface area contributed by atoms with Gasteiger partial charge in [0.2, 0.25) is 0 Å². The fourth-order valence-electron chi connectivity index (χ4n) is 2.63. The molecule has 94 valence electrons. The molecule has 0 spiro atoms. The van der Waals surface area contributed by atoms with E-state index in [0.717, 1.165) is 38.0 Å². The molecule has 2 aliphatic rings. The van der Waals surface area contributed by atoms with Crippen LogP contribution >= 0.6 is 0 Å². The van der Waals surface area contributed by atoms with Crippen molar-refractivity contribution in [3.63, 3.8) is 0 Å². The van der Waals surface area contributed by atoms with Crippen LogP contribution in [0.4, 0.5) is 0 Å². The third-order valence-corrected chi connectivity index (χ3v) is 6.06. The molecule has 0 bridgehead atoms. The van der Waals surface area contributed by atoms with E-state index in [9.17, 15) is 8.42 Å². The standard InChI is InChI=1S/C11H22N2O2S/c1-9(2)16(14,15)4-3-13-7-10-5-12-6-11(10)8-13/h9-12H,3-8H2,1-2H3. The van der Waals surface area contributed by atoms with Crippen LogP contribution in [0.15, 0.2) is 0 Å². The van der Waals surface area contributed by atoms with Gasteiger partial charge in [-0.25, -0.2) is 8.42 Å². The Kier molecular flexibility index (Phi) is 3.56. The van der Waals surface area contributed by atoms with Crippen molar-refractivity contribution in [1.82, 2.24) is 10.2 Å². The molecule has 5 heteroatoms. The van der Waals surface area contributed by atoms with Crippen LogP contribution in [0.3, 0.4) is 0 Å². The summed E-state index contributed by atoms with van der Waals surface area (Å²) in [6.07, 6.45) is 0. The second-order valence-corrected chi connectivity index (χ2v) is 8.03. The number of hydrogen-bond acceptors (Lipinski definition) is 4. The molecule has 16 heavy (non-hydrogen) atoms. The number of nitrogens with one attached hydrogen (secondary N) is 1. The minimum absolute atomic E-state index is 0.240. The van der Waals surface area contributed by atoms with Crippen LogP contribution in [0, 0.1) is 11.8 Å². The molecule has 0 aromatic carbocycles. The second-order valence-electron chi connectivity index (χ2n) is 5.35. The molecule has 2 heterocycles. The van der Waals surface area contributed by atoms with Crippen molar-refractivity contribution in [3.8, 4) is 0 Å². The van der Waals surface area contributed by atoms with E-state index in [1.54, 1.807) is 13.8 Å². The molecule has 0 saturated carbocycles. The van der Waals surface area contributed by atoms with E-state index >= 15 is 0 Å². The Hall–Kier alpha value is -0.130. The van der Waals surface area contributed by atoms with Crippen LogP contribution in [0.5, 0.6) is 0 Å². The Morgan fingerprint density at radius 1 is 1.25 bits per heavy atom. The lowest BCUT2D eigenvalue weighted by molar-refractivity contribution is 0.331. The number of likely N-dealkylation sites (tertiary alicyclic amines) is 1. The van der Waals surface area contributed by atoms with E-state index in [1.807, 2.05) is 0 Å². The largest absolute Gasteiger partial charge is 0.316 e. The van der Waals surface area contributed by atoms with Gasteiger partial charge in [-0.2, -0.15) is 0 Å². The van der Waals surface area contributed by atoms with E-state index in [2.05, 4.69) is 10.2 Å². The maximum Gasteiger partial charge on any atom is 0.153 e. The van der Waals surface area contributed by atoms with Crippen LogP contribution in [0.1, 0.15) is 13.8 Å². The summed E-state index contributed by atoms with van der Waals surface area (Å²) >= 11 is 0. The highest BCUT2D eigenvalue weighted by Crippen LogP contribution is 2.25. The molecule has 2 saturated heterocycles. The lowest BCUT2D eigenvalue weighted by Crippen LogP contribution is -2.32. The maximum absolute atomic E-state index is 11.7. The van der Waals surface area contributed by atoms with Crippen molar-refractivity contribution in [2.75, 3.05) is 38.5 Å².